The molecule has 0 amide bonds. The zero-order chi connectivity index (χ0) is 25.8. The third-order valence-corrected chi connectivity index (χ3v) is 9.16. The minimum Gasteiger partial charge on any atom is -0.310 e. The van der Waals surface area contributed by atoms with E-state index in [1.54, 1.807) is 0 Å². The van der Waals surface area contributed by atoms with Crippen molar-refractivity contribution in [3.63, 3.8) is 0 Å². The van der Waals surface area contributed by atoms with Gasteiger partial charge in [0.15, 0.2) is 0 Å². The number of anilines is 3. The number of hydrogen-bond acceptors (Lipinski definition) is 1. The Bertz CT molecular complexity index is 1890. The molecule has 2 aliphatic rings. The van der Waals surface area contributed by atoms with Crippen molar-refractivity contribution in [3.05, 3.63) is 131 Å². The maximum atomic E-state index is 2.49. The fraction of sp³-hybridized carbons (Fsp3) is 0.167. The van der Waals surface area contributed by atoms with Crippen LogP contribution in [0.1, 0.15) is 49.9 Å². The zero-order valence-electron chi connectivity index (χ0n) is 22.3. The van der Waals surface area contributed by atoms with E-state index < -0.39 is 0 Å². The molecule has 3 heterocycles. The molecule has 8 rings (SSSR count). The van der Waals surface area contributed by atoms with Crippen LogP contribution in [0.5, 0.6) is 0 Å². The van der Waals surface area contributed by atoms with Crippen LogP contribution in [0, 0.1) is 0 Å². The summed E-state index contributed by atoms with van der Waals surface area (Å²) in [7, 11) is 0. The van der Waals surface area contributed by atoms with E-state index in [0.29, 0.717) is 0 Å². The lowest BCUT2D eigenvalue weighted by molar-refractivity contribution is 0.627. The molecule has 0 saturated heterocycles. The Hall–Kier alpha value is -4.30. The molecule has 184 valence electrons. The molecule has 2 heteroatoms. The largest absolute Gasteiger partial charge is 0.310 e. The van der Waals surface area contributed by atoms with Gasteiger partial charge in [-0.25, -0.2) is 0 Å². The molecule has 0 atom stereocenters. The lowest BCUT2D eigenvalue weighted by Gasteiger charge is -2.42. The highest BCUT2D eigenvalue weighted by Crippen LogP contribution is 2.53. The van der Waals surface area contributed by atoms with Gasteiger partial charge in [-0.15, -0.1) is 0 Å². The summed E-state index contributed by atoms with van der Waals surface area (Å²) in [5, 5.41) is 2.65. The van der Waals surface area contributed by atoms with Crippen LogP contribution in [-0.2, 0) is 10.8 Å². The van der Waals surface area contributed by atoms with Gasteiger partial charge >= 0.3 is 0 Å². The van der Waals surface area contributed by atoms with E-state index in [0.717, 1.165) is 0 Å². The van der Waals surface area contributed by atoms with Gasteiger partial charge in [0.05, 0.1) is 28.1 Å². The van der Waals surface area contributed by atoms with E-state index in [2.05, 4.69) is 146 Å². The Morgan fingerprint density at radius 1 is 0.474 bits per heavy atom. The van der Waals surface area contributed by atoms with E-state index >= 15 is 0 Å². The predicted molar refractivity (Wildman–Crippen MR) is 160 cm³/mol. The topological polar surface area (TPSA) is 8.17 Å². The van der Waals surface area contributed by atoms with Crippen molar-refractivity contribution in [1.29, 1.82) is 0 Å². The number of nitrogens with zero attached hydrogens (tertiary/aromatic N) is 2. The molecular weight excluding hydrogens is 460 g/mol. The fourth-order valence-electron chi connectivity index (χ4n) is 7.22. The maximum Gasteiger partial charge on any atom is 0.0582 e. The summed E-state index contributed by atoms with van der Waals surface area (Å²) in [5.74, 6) is 0. The molecule has 0 spiro atoms. The molecule has 2 aliphatic heterocycles. The van der Waals surface area contributed by atoms with Gasteiger partial charge in [-0.05, 0) is 58.7 Å². The summed E-state index contributed by atoms with van der Waals surface area (Å²) in [6.45, 7) is 9.45. The highest BCUT2D eigenvalue weighted by Gasteiger charge is 2.39. The number of rotatable bonds is 1. The van der Waals surface area contributed by atoms with Crippen LogP contribution >= 0.6 is 0 Å². The summed E-state index contributed by atoms with van der Waals surface area (Å²) < 4.78 is 2.49. The molecule has 0 N–H and O–H groups in total. The summed E-state index contributed by atoms with van der Waals surface area (Å²) in [5.41, 5.74) is 12.9. The first-order valence-corrected chi connectivity index (χ1v) is 13.6. The number of hydrogen-bond donors (Lipinski definition) is 0. The smallest absolute Gasteiger partial charge is 0.0582 e. The molecular formula is C36H30N2. The van der Waals surface area contributed by atoms with Crippen molar-refractivity contribution in [2.75, 3.05) is 4.90 Å². The summed E-state index contributed by atoms with van der Waals surface area (Å²) in [4.78, 5) is 2.47. The quantitative estimate of drug-likeness (QED) is 0.223. The van der Waals surface area contributed by atoms with Gasteiger partial charge in [0.25, 0.3) is 0 Å². The number of benzene rings is 5. The Labute approximate surface area is 223 Å². The third kappa shape index (κ3) is 2.58. The second-order valence-corrected chi connectivity index (χ2v) is 11.9. The van der Waals surface area contributed by atoms with Crippen molar-refractivity contribution >= 4 is 38.9 Å². The molecule has 2 nitrogen and oxygen atoms in total. The minimum atomic E-state index is -0.136. The summed E-state index contributed by atoms with van der Waals surface area (Å²) >= 11 is 0. The van der Waals surface area contributed by atoms with Crippen LogP contribution in [-0.4, -0.2) is 4.57 Å². The van der Waals surface area contributed by atoms with Gasteiger partial charge in [-0.2, -0.15) is 0 Å². The monoisotopic (exact) mass is 490 g/mol. The summed E-state index contributed by atoms with van der Waals surface area (Å²) in [6, 6.07) is 40.5. The van der Waals surface area contributed by atoms with Crippen LogP contribution in [0.3, 0.4) is 0 Å². The Morgan fingerprint density at radius 2 is 1.05 bits per heavy atom. The van der Waals surface area contributed by atoms with E-state index in [1.165, 1.54) is 66.8 Å². The molecule has 5 aromatic carbocycles. The predicted octanol–water partition coefficient (Wildman–Crippen LogP) is 9.53. The van der Waals surface area contributed by atoms with Crippen molar-refractivity contribution in [3.8, 4) is 5.69 Å². The number of para-hydroxylation sites is 4. The van der Waals surface area contributed by atoms with Crippen molar-refractivity contribution < 1.29 is 0 Å². The van der Waals surface area contributed by atoms with E-state index in [1.807, 2.05) is 0 Å². The first kappa shape index (κ1) is 21.8. The molecule has 0 radical (unpaired) electrons. The van der Waals surface area contributed by atoms with Crippen LogP contribution in [0.2, 0.25) is 0 Å². The van der Waals surface area contributed by atoms with E-state index in [4.69, 9.17) is 0 Å². The number of aromatic nitrogens is 1. The first-order valence-electron chi connectivity index (χ1n) is 13.6. The number of fused-ring (bicyclic) bond motifs is 7. The molecule has 6 aromatic rings. The normalized spacial score (nSPS) is 16.3. The lowest BCUT2D eigenvalue weighted by atomic mass is 9.73. The molecule has 1 aromatic heterocycles. The third-order valence-electron chi connectivity index (χ3n) is 9.16. The van der Waals surface area contributed by atoms with Gasteiger partial charge in [-0.1, -0.05) is 100 Å². The van der Waals surface area contributed by atoms with Crippen LogP contribution in [0.4, 0.5) is 17.1 Å². The standard InChI is InChI=1S/C36H30N2/c1-35(2)26-14-6-9-18-31(26)37(32-19-10-7-15-27(32)35)23-20-21-33-29(22-23)36(3,4)28-16-11-13-25-24-12-5-8-17-30(24)38(33)34(25)28/h5-22H,1-4H3. The van der Waals surface area contributed by atoms with Crippen molar-refractivity contribution in [2.45, 2.75) is 38.5 Å². The van der Waals surface area contributed by atoms with Gasteiger partial charge in [-0.3, -0.25) is 0 Å². The molecule has 38 heavy (non-hydrogen) atoms. The second kappa shape index (κ2) is 7.17. The Balaban J connectivity index is 1.43. The Kier molecular flexibility index (Phi) is 4.10. The maximum absolute atomic E-state index is 2.49. The molecule has 0 unspecified atom stereocenters. The summed E-state index contributed by atoms with van der Waals surface area (Å²) in [6.07, 6.45) is 0. The SMILES string of the molecule is CC1(C)c2ccccc2N(c2ccc3c(c2)C(C)(C)c2cccc4c5ccccc5n-3c24)c2ccccc21. The Morgan fingerprint density at radius 3 is 1.79 bits per heavy atom. The van der Waals surface area contributed by atoms with Gasteiger partial charge < -0.3 is 9.47 Å². The average Bonchev–Trinajstić information content (AvgIpc) is 3.27. The zero-order valence-corrected chi connectivity index (χ0v) is 22.3. The second-order valence-electron chi connectivity index (χ2n) is 11.9. The lowest BCUT2D eigenvalue weighted by Crippen LogP contribution is -2.31. The van der Waals surface area contributed by atoms with Crippen LogP contribution in [0.15, 0.2) is 109 Å². The van der Waals surface area contributed by atoms with Gasteiger partial charge in [0.1, 0.15) is 0 Å². The molecule has 0 fully saturated rings. The fourth-order valence-corrected chi connectivity index (χ4v) is 7.22. The molecule has 0 aliphatic carbocycles. The van der Waals surface area contributed by atoms with Gasteiger partial charge in [0, 0.05) is 27.3 Å². The minimum absolute atomic E-state index is 0.0637. The highest BCUT2D eigenvalue weighted by molar-refractivity contribution is 6.11. The first-order chi connectivity index (χ1) is 18.4. The average molecular weight is 491 g/mol. The molecule has 0 bridgehead atoms. The van der Waals surface area contributed by atoms with E-state index in [9.17, 15) is 0 Å². The van der Waals surface area contributed by atoms with Gasteiger partial charge in [0.2, 0.25) is 0 Å². The highest BCUT2D eigenvalue weighted by atomic mass is 15.2. The van der Waals surface area contributed by atoms with Crippen molar-refractivity contribution in [2.24, 2.45) is 0 Å². The van der Waals surface area contributed by atoms with E-state index in [-0.39, 0.29) is 10.8 Å². The van der Waals surface area contributed by atoms with Crippen LogP contribution in [0.25, 0.3) is 27.5 Å². The molecule has 0 saturated carbocycles. The van der Waals surface area contributed by atoms with Crippen molar-refractivity contribution in [1.82, 2.24) is 4.57 Å². The van der Waals surface area contributed by atoms with Crippen LogP contribution < -0.4 is 4.90 Å².